The second kappa shape index (κ2) is 5.09. The Hall–Kier alpha value is -0.610. The Labute approximate surface area is 66.0 Å². The van der Waals surface area contributed by atoms with Gasteiger partial charge in [0.1, 0.15) is 0 Å². The van der Waals surface area contributed by atoms with E-state index >= 15 is 0 Å². The lowest BCUT2D eigenvalue weighted by molar-refractivity contribution is -0.141. The molecule has 2 atom stereocenters. The largest absolute Gasteiger partial charge is 0.481 e. The van der Waals surface area contributed by atoms with Crippen LogP contribution in [0.5, 0.6) is 0 Å². The SMILES string of the molecule is C[C@@H](C[C@H](CN)CO)C(=O)O. The highest BCUT2D eigenvalue weighted by atomic mass is 16.4. The summed E-state index contributed by atoms with van der Waals surface area (Å²) in [4.78, 5) is 10.3. The lowest BCUT2D eigenvalue weighted by Crippen LogP contribution is -2.23. The van der Waals surface area contributed by atoms with Crippen molar-refractivity contribution >= 4 is 5.97 Å². The van der Waals surface area contributed by atoms with Crippen LogP contribution in [0.15, 0.2) is 0 Å². The van der Waals surface area contributed by atoms with Crippen molar-refractivity contribution in [2.75, 3.05) is 13.2 Å². The number of carboxylic acids is 1. The first kappa shape index (κ1) is 10.4. The molecule has 4 heteroatoms. The van der Waals surface area contributed by atoms with Crippen molar-refractivity contribution in [3.63, 3.8) is 0 Å². The molecule has 0 saturated heterocycles. The van der Waals surface area contributed by atoms with Gasteiger partial charge in [0.05, 0.1) is 5.92 Å². The summed E-state index contributed by atoms with van der Waals surface area (Å²) in [5, 5.41) is 17.2. The molecule has 0 aromatic heterocycles. The summed E-state index contributed by atoms with van der Waals surface area (Å²) in [5.41, 5.74) is 5.28. The number of aliphatic hydroxyl groups is 1. The fraction of sp³-hybridized carbons (Fsp3) is 0.857. The van der Waals surface area contributed by atoms with E-state index in [1.165, 1.54) is 0 Å². The number of aliphatic hydroxyl groups excluding tert-OH is 1. The van der Waals surface area contributed by atoms with Crippen molar-refractivity contribution in [2.24, 2.45) is 17.6 Å². The molecule has 0 aromatic carbocycles. The van der Waals surface area contributed by atoms with Gasteiger partial charge in [0.2, 0.25) is 0 Å². The number of aliphatic carboxylic acids is 1. The minimum Gasteiger partial charge on any atom is -0.481 e. The predicted molar refractivity (Wildman–Crippen MR) is 41.0 cm³/mol. The van der Waals surface area contributed by atoms with Crippen molar-refractivity contribution in [1.82, 2.24) is 0 Å². The summed E-state index contributed by atoms with van der Waals surface area (Å²) in [6, 6.07) is 0. The highest BCUT2D eigenvalue weighted by Crippen LogP contribution is 2.10. The molecular weight excluding hydrogens is 146 g/mol. The van der Waals surface area contributed by atoms with Gasteiger partial charge in [-0.25, -0.2) is 0 Å². The molecule has 0 radical (unpaired) electrons. The number of rotatable bonds is 5. The number of hydrogen-bond donors (Lipinski definition) is 3. The summed E-state index contributed by atoms with van der Waals surface area (Å²) >= 11 is 0. The Morgan fingerprint density at radius 2 is 2.18 bits per heavy atom. The molecule has 4 nitrogen and oxygen atoms in total. The van der Waals surface area contributed by atoms with Crippen molar-refractivity contribution in [3.8, 4) is 0 Å². The van der Waals surface area contributed by atoms with Crippen LogP contribution in [0.3, 0.4) is 0 Å². The maximum atomic E-state index is 10.3. The van der Waals surface area contributed by atoms with Gasteiger partial charge >= 0.3 is 5.97 Å². The minimum atomic E-state index is -0.836. The summed E-state index contributed by atoms with van der Waals surface area (Å²) in [5.74, 6) is -1.34. The van der Waals surface area contributed by atoms with Gasteiger partial charge in [0.25, 0.3) is 0 Å². The Bertz CT molecular complexity index is 123. The van der Waals surface area contributed by atoms with Gasteiger partial charge in [-0.2, -0.15) is 0 Å². The molecule has 66 valence electrons. The third-order valence-corrected chi connectivity index (χ3v) is 1.70. The molecule has 0 heterocycles. The van der Waals surface area contributed by atoms with Crippen LogP contribution in [-0.2, 0) is 4.79 Å². The van der Waals surface area contributed by atoms with Crippen LogP contribution < -0.4 is 5.73 Å². The van der Waals surface area contributed by atoms with E-state index in [4.69, 9.17) is 15.9 Å². The molecule has 0 aliphatic heterocycles. The molecule has 11 heavy (non-hydrogen) atoms. The van der Waals surface area contributed by atoms with E-state index < -0.39 is 11.9 Å². The molecule has 0 bridgehead atoms. The molecule has 0 fully saturated rings. The fourth-order valence-corrected chi connectivity index (χ4v) is 0.846. The molecule has 0 aliphatic carbocycles. The van der Waals surface area contributed by atoms with E-state index in [0.717, 1.165) is 0 Å². The average Bonchev–Trinajstić information content (AvgIpc) is 1.99. The maximum Gasteiger partial charge on any atom is 0.306 e. The van der Waals surface area contributed by atoms with Crippen molar-refractivity contribution in [2.45, 2.75) is 13.3 Å². The highest BCUT2D eigenvalue weighted by Gasteiger charge is 2.16. The van der Waals surface area contributed by atoms with Gasteiger partial charge in [0, 0.05) is 6.61 Å². The number of carbonyl (C=O) groups is 1. The van der Waals surface area contributed by atoms with Gasteiger partial charge in [-0.1, -0.05) is 6.92 Å². The molecule has 0 spiro atoms. The van der Waals surface area contributed by atoms with Crippen LogP contribution in [0, 0.1) is 11.8 Å². The topological polar surface area (TPSA) is 83.5 Å². The Morgan fingerprint density at radius 3 is 2.45 bits per heavy atom. The quantitative estimate of drug-likeness (QED) is 0.515. The van der Waals surface area contributed by atoms with Crippen LogP contribution in [0.4, 0.5) is 0 Å². The first-order valence-corrected chi connectivity index (χ1v) is 3.65. The Morgan fingerprint density at radius 1 is 1.64 bits per heavy atom. The van der Waals surface area contributed by atoms with Crippen LogP contribution >= 0.6 is 0 Å². The second-order valence-electron chi connectivity index (χ2n) is 2.76. The monoisotopic (exact) mass is 161 g/mol. The third kappa shape index (κ3) is 3.95. The lowest BCUT2D eigenvalue weighted by Gasteiger charge is -2.13. The van der Waals surface area contributed by atoms with Gasteiger partial charge in [-0.05, 0) is 18.9 Å². The van der Waals surface area contributed by atoms with E-state index in [2.05, 4.69) is 0 Å². The Kier molecular flexibility index (Phi) is 4.81. The molecule has 0 rings (SSSR count). The minimum absolute atomic E-state index is 0.0336. The maximum absolute atomic E-state index is 10.3. The first-order chi connectivity index (χ1) is 5.11. The summed E-state index contributed by atoms with van der Waals surface area (Å²) in [7, 11) is 0. The second-order valence-corrected chi connectivity index (χ2v) is 2.76. The van der Waals surface area contributed by atoms with E-state index in [-0.39, 0.29) is 12.5 Å². The van der Waals surface area contributed by atoms with Crippen LogP contribution in [0.2, 0.25) is 0 Å². The number of carboxylic acid groups (broad SMARTS) is 1. The zero-order chi connectivity index (χ0) is 8.85. The lowest BCUT2D eigenvalue weighted by atomic mass is 9.97. The molecule has 0 aliphatic rings. The van der Waals surface area contributed by atoms with E-state index in [1.807, 2.05) is 0 Å². The molecule has 0 amide bonds. The number of hydrogen-bond acceptors (Lipinski definition) is 3. The van der Waals surface area contributed by atoms with Gasteiger partial charge in [-0.3, -0.25) is 4.79 Å². The molecular formula is C7H15NO3. The third-order valence-electron chi connectivity index (χ3n) is 1.70. The van der Waals surface area contributed by atoms with Crippen LogP contribution in [0.25, 0.3) is 0 Å². The molecule has 0 unspecified atom stereocenters. The van der Waals surface area contributed by atoms with Crippen LogP contribution in [0.1, 0.15) is 13.3 Å². The summed E-state index contributed by atoms with van der Waals surface area (Å²) in [6.07, 6.45) is 0.447. The van der Waals surface area contributed by atoms with Gasteiger partial charge in [-0.15, -0.1) is 0 Å². The summed E-state index contributed by atoms with van der Waals surface area (Å²) in [6.45, 7) is 1.92. The smallest absolute Gasteiger partial charge is 0.306 e. The van der Waals surface area contributed by atoms with E-state index in [0.29, 0.717) is 13.0 Å². The molecule has 4 N–H and O–H groups in total. The molecule has 0 saturated carbocycles. The standard InChI is InChI=1S/C7H15NO3/c1-5(7(10)11)2-6(3-8)4-9/h5-6,9H,2-4,8H2,1H3,(H,10,11)/t5-,6+/m0/s1. The van der Waals surface area contributed by atoms with E-state index in [9.17, 15) is 4.79 Å². The van der Waals surface area contributed by atoms with Crippen LogP contribution in [-0.4, -0.2) is 29.3 Å². The van der Waals surface area contributed by atoms with Gasteiger partial charge in [0.15, 0.2) is 0 Å². The highest BCUT2D eigenvalue weighted by molar-refractivity contribution is 5.69. The van der Waals surface area contributed by atoms with Gasteiger partial charge < -0.3 is 15.9 Å². The van der Waals surface area contributed by atoms with Crippen molar-refractivity contribution in [3.05, 3.63) is 0 Å². The predicted octanol–water partition coefficient (Wildman–Crippen LogP) is -0.336. The van der Waals surface area contributed by atoms with Crippen molar-refractivity contribution in [1.29, 1.82) is 0 Å². The fourth-order valence-electron chi connectivity index (χ4n) is 0.846. The number of nitrogens with two attached hydrogens (primary N) is 1. The zero-order valence-corrected chi connectivity index (χ0v) is 6.66. The zero-order valence-electron chi connectivity index (χ0n) is 6.66. The first-order valence-electron chi connectivity index (χ1n) is 3.65. The average molecular weight is 161 g/mol. The summed E-state index contributed by atoms with van der Waals surface area (Å²) < 4.78 is 0. The Balaban J connectivity index is 3.71. The normalized spacial score (nSPS) is 15.9. The molecule has 0 aromatic rings. The van der Waals surface area contributed by atoms with Crippen molar-refractivity contribution < 1.29 is 15.0 Å². The van der Waals surface area contributed by atoms with E-state index in [1.54, 1.807) is 6.92 Å².